The molecule has 0 radical (unpaired) electrons. The van der Waals surface area contributed by atoms with E-state index >= 15 is 0 Å². The van der Waals surface area contributed by atoms with Crippen LogP contribution in [-0.2, 0) is 4.74 Å². The van der Waals surface area contributed by atoms with Gasteiger partial charge in [0.2, 0.25) is 5.75 Å². The van der Waals surface area contributed by atoms with Crippen LogP contribution >= 0.6 is 15.9 Å². The third-order valence-corrected chi connectivity index (χ3v) is 3.83. The molecule has 0 unspecified atom stereocenters. The van der Waals surface area contributed by atoms with Crippen molar-refractivity contribution >= 4 is 21.9 Å². The molecule has 2 rings (SSSR count). The molecule has 0 spiro atoms. The van der Waals surface area contributed by atoms with Crippen molar-refractivity contribution in [1.29, 1.82) is 0 Å². The number of nitrogens with one attached hydrogen (secondary N) is 1. The fraction of sp³-hybridized carbons (Fsp3) is 0.357. The fourth-order valence-corrected chi connectivity index (χ4v) is 2.70. The Kier molecular flexibility index (Phi) is 5.43. The van der Waals surface area contributed by atoms with Gasteiger partial charge >= 0.3 is 5.97 Å². The van der Waals surface area contributed by atoms with Crippen molar-refractivity contribution in [3.63, 3.8) is 0 Å². The maximum atomic E-state index is 12.0. The summed E-state index contributed by atoms with van der Waals surface area (Å²) in [6, 6.07) is 1.67. The predicted molar refractivity (Wildman–Crippen MR) is 85.1 cm³/mol. The number of carbonyl (C=O) groups is 1. The van der Waals surface area contributed by atoms with Gasteiger partial charge in [-0.1, -0.05) is 0 Å². The highest BCUT2D eigenvalue weighted by Gasteiger charge is 2.26. The van der Waals surface area contributed by atoms with Crippen LogP contribution < -0.4 is 14.2 Å². The van der Waals surface area contributed by atoms with Gasteiger partial charge in [0, 0.05) is 5.56 Å². The number of hydrogen-bond acceptors (Lipinski definition) is 7. The van der Waals surface area contributed by atoms with Crippen LogP contribution in [0.25, 0.3) is 11.3 Å². The van der Waals surface area contributed by atoms with Crippen LogP contribution in [0.2, 0.25) is 0 Å². The molecule has 0 saturated heterocycles. The van der Waals surface area contributed by atoms with Gasteiger partial charge in [0.25, 0.3) is 0 Å². The lowest BCUT2D eigenvalue weighted by Gasteiger charge is -2.16. The fourth-order valence-electron chi connectivity index (χ4n) is 2.05. The Hall–Kier alpha value is -2.29. The molecule has 124 valence electrons. The summed E-state index contributed by atoms with van der Waals surface area (Å²) in [6.07, 6.45) is 0. The number of esters is 1. The Bertz CT molecular complexity index is 717. The van der Waals surface area contributed by atoms with Gasteiger partial charge in [-0.2, -0.15) is 10.3 Å². The van der Waals surface area contributed by atoms with Gasteiger partial charge in [-0.25, -0.2) is 4.79 Å². The SMILES string of the molecule is CCOC(=O)c1n[nH]nc1-c1cc(OC)c(OC)c(OC)c1Br. The first-order chi connectivity index (χ1) is 11.1. The number of halogens is 1. The first-order valence-corrected chi connectivity index (χ1v) is 7.44. The van der Waals surface area contributed by atoms with Crippen LogP contribution in [0.5, 0.6) is 17.2 Å². The number of hydrogen-bond donors (Lipinski definition) is 1. The molecule has 1 aromatic heterocycles. The number of H-pyrrole nitrogens is 1. The standard InChI is InChI=1S/C14H16BrN3O5/c1-5-23-14(19)11-10(16-18-17-11)7-6-8(20-2)12(21-3)13(22-4)9(7)15/h6H,5H2,1-4H3,(H,16,17,18). The summed E-state index contributed by atoms with van der Waals surface area (Å²) in [7, 11) is 4.51. The summed E-state index contributed by atoms with van der Waals surface area (Å²) in [5, 5.41) is 10.3. The Morgan fingerprint density at radius 3 is 2.43 bits per heavy atom. The largest absolute Gasteiger partial charge is 0.493 e. The van der Waals surface area contributed by atoms with E-state index in [0.717, 1.165) is 0 Å². The van der Waals surface area contributed by atoms with Crippen LogP contribution in [0.3, 0.4) is 0 Å². The maximum Gasteiger partial charge on any atom is 0.361 e. The van der Waals surface area contributed by atoms with Crippen LogP contribution in [-0.4, -0.2) is 49.3 Å². The van der Waals surface area contributed by atoms with Crippen molar-refractivity contribution in [1.82, 2.24) is 15.4 Å². The monoisotopic (exact) mass is 385 g/mol. The van der Waals surface area contributed by atoms with E-state index in [1.807, 2.05) is 0 Å². The van der Waals surface area contributed by atoms with E-state index < -0.39 is 5.97 Å². The molecule has 1 aromatic carbocycles. The Balaban J connectivity index is 2.66. The van der Waals surface area contributed by atoms with Gasteiger partial charge < -0.3 is 18.9 Å². The molecular formula is C14H16BrN3O5. The number of nitrogens with zero attached hydrogens (tertiary/aromatic N) is 2. The van der Waals surface area contributed by atoms with Crippen molar-refractivity contribution in [2.45, 2.75) is 6.92 Å². The van der Waals surface area contributed by atoms with Gasteiger partial charge in [-0.3, -0.25) is 0 Å². The summed E-state index contributed by atoms with van der Waals surface area (Å²) < 4.78 is 21.5. The van der Waals surface area contributed by atoms with Crippen molar-refractivity contribution in [2.24, 2.45) is 0 Å². The molecule has 1 N–H and O–H groups in total. The molecule has 0 atom stereocenters. The lowest BCUT2D eigenvalue weighted by Crippen LogP contribution is -2.07. The topological polar surface area (TPSA) is 95.6 Å². The molecule has 9 heteroatoms. The third kappa shape index (κ3) is 3.09. The van der Waals surface area contributed by atoms with E-state index in [-0.39, 0.29) is 12.3 Å². The summed E-state index contributed by atoms with van der Waals surface area (Å²) in [6.45, 7) is 1.95. The van der Waals surface area contributed by atoms with Gasteiger partial charge in [-0.05, 0) is 28.9 Å². The minimum absolute atomic E-state index is 0.0711. The Labute approximate surface area is 141 Å². The summed E-state index contributed by atoms with van der Waals surface area (Å²) in [5.41, 5.74) is 0.938. The van der Waals surface area contributed by atoms with E-state index in [4.69, 9.17) is 18.9 Å². The second kappa shape index (κ2) is 7.32. The number of aromatic amines is 1. The zero-order chi connectivity index (χ0) is 17.0. The van der Waals surface area contributed by atoms with E-state index in [1.165, 1.54) is 21.3 Å². The molecule has 1 heterocycles. The van der Waals surface area contributed by atoms with Crippen molar-refractivity contribution in [2.75, 3.05) is 27.9 Å². The second-order valence-electron chi connectivity index (χ2n) is 4.25. The predicted octanol–water partition coefficient (Wildman–Crippen LogP) is 2.44. The number of aromatic nitrogens is 3. The number of carbonyl (C=O) groups excluding carboxylic acids is 1. The molecular weight excluding hydrogens is 370 g/mol. The summed E-state index contributed by atoms with van der Waals surface area (Å²) in [4.78, 5) is 12.0. The Morgan fingerprint density at radius 1 is 1.17 bits per heavy atom. The van der Waals surface area contributed by atoms with Gasteiger partial charge in [0.05, 0.1) is 32.4 Å². The number of rotatable bonds is 6. The quantitative estimate of drug-likeness (QED) is 0.762. The highest BCUT2D eigenvalue weighted by molar-refractivity contribution is 9.10. The van der Waals surface area contributed by atoms with E-state index in [9.17, 15) is 4.79 Å². The lowest BCUT2D eigenvalue weighted by molar-refractivity contribution is 0.0520. The van der Waals surface area contributed by atoms with Crippen LogP contribution in [0.1, 0.15) is 17.4 Å². The normalized spacial score (nSPS) is 10.3. The molecule has 8 nitrogen and oxygen atoms in total. The molecule has 0 amide bonds. The zero-order valence-electron chi connectivity index (χ0n) is 13.1. The molecule has 2 aromatic rings. The van der Waals surface area contributed by atoms with E-state index in [0.29, 0.717) is 33.0 Å². The van der Waals surface area contributed by atoms with Crippen molar-refractivity contribution in [3.05, 3.63) is 16.2 Å². The van der Waals surface area contributed by atoms with Crippen LogP contribution in [0, 0.1) is 0 Å². The smallest absolute Gasteiger partial charge is 0.361 e. The number of methoxy groups -OCH3 is 3. The third-order valence-electron chi connectivity index (χ3n) is 3.04. The maximum absolute atomic E-state index is 12.0. The van der Waals surface area contributed by atoms with Crippen LogP contribution in [0.15, 0.2) is 10.5 Å². The van der Waals surface area contributed by atoms with Gasteiger partial charge in [0.15, 0.2) is 17.2 Å². The molecule has 0 bridgehead atoms. The molecule has 0 fully saturated rings. The first kappa shape index (κ1) is 17.1. The summed E-state index contributed by atoms with van der Waals surface area (Å²) in [5.74, 6) is 0.698. The second-order valence-corrected chi connectivity index (χ2v) is 5.04. The highest BCUT2D eigenvalue weighted by atomic mass is 79.9. The minimum Gasteiger partial charge on any atom is -0.493 e. The molecule has 0 aliphatic carbocycles. The number of ether oxygens (including phenoxy) is 4. The van der Waals surface area contributed by atoms with Gasteiger partial charge in [0.1, 0.15) is 5.69 Å². The summed E-state index contributed by atoms with van der Waals surface area (Å²) >= 11 is 3.45. The Morgan fingerprint density at radius 2 is 1.87 bits per heavy atom. The van der Waals surface area contributed by atoms with E-state index in [2.05, 4.69) is 31.3 Å². The number of benzene rings is 1. The minimum atomic E-state index is -0.572. The average molecular weight is 386 g/mol. The first-order valence-electron chi connectivity index (χ1n) is 6.65. The molecule has 0 aliphatic heterocycles. The molecule has 0 saturated carbocycles. The van der Waals surface area contributed by atoms with Gasteiger partial charge in [-0.15, -0.1) is 5.10 Å². The van der Waals surface area contributed by atoms with Crippen molar-refractivity contribution < 1.29 is 23.7 Å². The van der Waals surface area contributed by atoms with E-state index in [1.54, 1.807) is 13.0 Å². The average Bonchev–Trinajstić information content (AvgIpc) is 3.03. The lowest BCUT2D eigenvalue weighted by atomic mass is 10.1. The highest BCUT2D eigenvalue weighted by Crippen LogP contribution is 2.47. The zero-order valence-corrected chi connectivity index (χ0v) is 14.7. The molecule has 0 aliphatic rings. The van der Waals surface area contributed by atoms with Crippen molar-refractivity contribution in [3.8, 4) is 28.5 Å². The molecule has 23 heavy (non-hydrogen) atoms. The van der Waals surface area contributed by atoms with Crippen LogP contribution in [0.4, 0.5) is 0 Å².